The first kappa shape index (κ1) is 18.4. The summed E-state index contributed by atoms with van der Waals surface area (Å²) in [5.74, 6) is 1.07. The number of fused-ring (bicyclic) bond motifs is 1. The number of nitrogens with zero attached hydrogens (tertiary/aromatic N) is 3. The second kappa shape index (κ2) is 8.85. The summed E-state index contributed by atoms with van der Waals surface area (Å²) in [5, 5.41) is 5.18. The van der Waals surface area contributed by atoms with Crippen molar-refractivity contribution in [2.24, 2.45) is 0 Å². The molecule has 144 valence electrons. The van der Waals surface area contributed by atoms with Crippen LogP contribution in [0, 0.1) is 0 Å². The summed E-state index contributed by atoms with van der Waals surface area (Å²) >= 11 is 0. The molecule has 0 atom stereocenters. The van der Waals surface area contributed by atoms with Gasteiger partial charge >= 0.3 is 0 Å². The molecule has 1 saturated heterocycles. The highest BCUT2D eigenvalue weighted by Crippen LogP contribution is 2.18. The van der Waals surface area contributed by atoms with E-state index in [1.165, 1.54) is 0 Å². The summed E-state index contributed by atoms with van der Waals surface area (Å²) in [7, 11) is 0. The van der Waals surface area contributed by atoms with E-state index in [2.05, 4.69) is 26.2 Å². The van der Waals surface area contributed by atoms with Crippen LogP contribution in [0.2, 0.25) is 0 Å². The van der Waals surface area contributed by atoms with E-state index in [-0.39, 0.29) is 5.91 Å². The second-order valence-electron chi connectivity index (χ2n) is 7.15. The minimum absolute atomic E-state index is 0.0109. The highest BCUT2D eigenvalue weighted by molar-refractivity contribution is 6.06. The number of pyridine rings is 1. The van der Waals surface area contributed by atoms with Crippen molar-refractivity contribution < 1.29 is 4.79 Å². The van der Waals surface area contributed by atoms with Crippen molar-refractivity contribution in [3.05, 3.63) is 72.4 Å². The van der Waals surface area contributed by atoms with Crippen molar-refractivity contribution in [2.45, 2.75) is 6.42 Å². The Morgan fingerprint density at radius 2 is 1.71 bits per heavy atom. The number of hydrogen-bond donors (Lipinski definition) is 1. The standard InChI is InChI=1S/C23H26N4O/c28-23(21-10-5-8-19-7-1-2-9-20(19)21)25-13-6-14-26-15-17-27(18-16-26)22-11-3-4-12-24-22/h1-5,7-12H,6,13-18H2,(H,25,28). The fourth-order valence-electron chi connectivity index (χ4n) is 3.76. The molecule has 1 aliphatic heterocycles. The largest absolute Gasteiger partial charge is 0.354 e. The monoisotopic (exact) mass is 374 g/mol. The molecule has 3 aromatic rings. The third kappa shape index (κ3) is 4.31. The van der Waals surface area contributed by atoms with Crippen LogP contribution in [0.5, 0.6) is 0 Å². The van der Waals surface area contributed by atoms with Gasteiger partial charge in [0.1, 0.15) is 5.82 Å². The van der Waals surface area contributed by atoms with E-state index in [1.54, 1.807) is 0 Å². The van der Waals surface area contributed by atoms with Crippen LogP contribution in [-0.4, -0.2) is 55.1 Å². The van der Waals surface area contributed by atoms with Gasteiger partial charge in [-0.25, -0.2) is 4.98 Å². The number of amides is 1. The molecule has 1 fully saturated rings. The minimum atomic E-state index is 0.0109. The summed E-state index contributed by atoms with van der Waals surface area (Å²) in [6.45, 7) is 5.77. The molecule has 0 bridgehead atoms. The average molecular weight is 374 g/mol. The summed E-state index contributed by atoms with van der Waals surface area (Å²) < 4.78 is 0. The number of anilines is 1. The lowest BCUT2D eigenvalue weighted by molar-refractivity contribution is 0.0953. The quantitative estimate of drug-likeness (QED) is 0.674. The molecule has 0 radical (unpaired) electrons. The van der Waals surface area contributed by atoms with Gasteiger partial charge < -0.3 is 10.2 Å². The number of piperazine rings is 1. The lowest BCUT2D eigenvalue weighted by atomic mass is 10.0. The van der Waals surface area contributed by atoms with Gasteiger partial charge in [-0.15, -0.1) is 0 Å². The van der Waals surface area contributed by atoms with E-state index in [9.17, 15) is 4.79 Å². The van der Waals surface area contributed by atoms with Crippen LogP contribution in [-0.2, 0) is 0 Å². The van der Waals surface area contributed by atoms with Gasteiger partial charge in [0.25, 0.3) is 5.91 Å². The number of carbonyl (C=O) groups is 1. The summed E-state index contributed by atoms with van der Waals surface area (Å²) in [6.07, 6.45) is 2.81. The maximum absolute atomic E-state index is 12.6. The first-order valence-corrected chi connectivity index (χ1v) is 9.95. The van der Waals surface area contributed by atoms with Crippen LogP contribution < -0.4 is 10.2 Å². The van der Waals surface area contributed by atoms with Gasteiger partial charge in [-0.2, -0.15) is 0 Å². The molecule has 5 nitrogen and oxygen atoms in total. The molecule has 5 heteroatoms. The first-order chi connectivity index (χ1) is 13.8. The van der Waals surface area contributed by atoms with E-state index in [0.29, 0.717) is 6.54 Å². The van der Waals surface area contributed by atoms with Crippen LogP contribution in [0.15, 0.2) is 66.9 Å². The predicted molar refractivity (Wildman–Crippen MR) is 114 cm³/mol. The molecule has 0 aliphatic carbocycles. The zero-order chi connectivity index (χ0) is 19.2. The van der Waals surface area contributed by atoms with Crippen molar-refractivity contribution in [3.63, 3.8) is 0 Å². The number of carbonyl (C=O) groups excluding carboxylic acids is 1. The Morgan fingerprint density at radius 3 is 2.54 bits per heavy atom. The van der Waals surface area contributed by atoms with Gasteiger partial charge in [-0.3, -0.25) is 9.69 Å². The van der Waals surface area contributed by atoms with Crippen molar-refractivity contribution in [2.75, 3.05) is 44.2 Å². The van der Waals surface area contributed by atoms with Crippen molar-refractivity contribution >= 4 is 22.5 Å². The Balaban J connectivity index is 1.21. The molecule has 4 rings (SSSR count). The number of rotatable bonds is 6. The van der Waals surface area contributed by atoms with Gasteiger partial charge in [0.2, 0.25) is 0 Å². The Hall–Kier alpha value is -2.92. The van der Waals surface area contributed by atoms with Gasteiger partial charge in [-0.1, -0.05) is 42.5 Å². The lowest BCUT2D eigenvalue weighted by Crippen LogP contribution is -2.47. The van der Waals surface area contributed by atoms with Gasteiger partial charge in [0.15, 0.2) is 0 Å². The normalized spacial score (nSPS) is 14.9. The summed E-state index contributed by atoms with van der Waals surface area (Å²) in [5.41, 5.74) is 0.752. The van der Waals surface area contributed by atoms with E-state index < -0.39 is 0 Å². The van der Waals surface area contributed by atoms with E-state index in [4.69, 9.17) is 0 Å². The third-order valence-electron chi connectivity index (χ3n) is 5.32. The third-order valence-corrected chi connectivity index (χ3v) is 5.32. The molecule has 2 heterocycles. The number of aromatic nitrogens is 1. The van der Waals surface area contributed by atoms with Crippen LogP contribution in [0.1, 0.15) is 16.8 Å². The summed E-state index contributed by atoms with van der Waals surface area (Å²) in [4.78, 5) is 21.8. The Bertz CT molecular complexity index is 915. The molecule has 1 N–H and O–H groups in total. The van der Waals surface area contributed by atoms with E-state index >= 15 is 0 Å². The number of nitrogens with one attached hydrogen (secondary N) is 1. The van der Waals surface area contributed by atoms with Gasteiger partial charge in [0, 0.05) is 44.5 Å². The van der Waals surface area contributed by atoms with E-state index in [0.717, 1.165) is 61.3 Å². The topological polar surface area (TPSA) is 48.5 Å². The molecule has 2 aromatic carbocycles. The van der Waals surface area contributed by atoms with Crippen LogP contribution >= 0.6 is 0 Å². The molecule has 0 unspecified atom stereocenters. The molecule has 1 aliphatic rings. The van der Waals surface area contributed by atoms with Crippen molar-refractivity contribution in [1.29, 1.82) is 0 Å². The number of hydrogen-bond acceptors (Lipinski definition) is 4. The lowest BCUT2D eigenvalue weighted by Gasteiger charge is -2.35. The van der Waals surface area contributed by atoms with E-state index in [1.807, 2.05) is 60.8 Å². The SMILES string of the molecule is O=C(NCCCN1CCN(c2ccccn2)CC1)c1cccc2ccccc12. The maximum atomic E-state index is 12.6. The highest BCUT2D eigenvalue weighted by atomic mass is 16.1. The Morgan fingerprint density at radius 1 is 0.929 bits per heavy atom. The fraction of sp³-hybridized carbons (Fsp3) is 0.304. The molecule has 1 amide bonds. The van der Waals surface area contributed by atoms with Crippen LogP contribution in [0.25, 0.3) is 10.8 Å². The highest BCUT2D eigenvalue weighted by Gasteiger charge is 2.17. The zero-order valence-electron chi connectivity index (χ0n) is 16.1. The predicted octanol–water partition coefficient (Wildman–Crippen LogP) is 3.18. The second-order valence-corrected chi connectivity index (χ2v) is 7.15. The van der Waals surface area contributed by atoms with Crippen LogP contribution in [0.3, 0.4) is 0 Å². The molecule has 0 saturated carbocycles. The van der Waals surface area contributed by atoms with Gasteiger partial charge in [-0.05, 0) is 41.9 Å². The van der Waals surface area contributed by atoms with Crippen molar-refractivity contribution in [3.8, 4) is 0 Å². The molecule has 1 aromatic heterocycles. The first-order valence-electron chi connectivity index (χ1n) is 9.95. The Labute approximate surface area is 166 Å². The van der Waals surface area contributed by atoms with Crippen molar-refractivity contribution in [1.82, 2.24) is 15.2 Å². The molecule has 28 heavy (non-hydrogen) atoms. The smallest absolute Gasteiger partial charge is 0.251 e. The summed E-state index contributed by atoms with van der Waals surface area (Å²) in [6, 6.07) is 19.9. The average Bonchev–Trinajstić information content (AvgIpc) is 2.77. The molecular weight excluding hydrogens is 348 g/mol. The fourth-order valence-corrected chi connectivity index (χ4v) is 3.76. The maximum Gasteiger partial charge on any atom is 0.251 e. The minimum Gasteiger partial charge on any atom is -0.354 e. The molecule has 0 spiro atoms. The Kier molecular flexibility index (Phi) is 5.83. The molecular formula is C23H26N4O. The van der Waals surface area contributed by atoms with Crippen LogP contribution in [0.4, 0.5) is 5.82 Å². The van der Waals surface area contributed by atoms with Gasteiger partial charge in [0.05, 0.1) is 0 Å². The number of benzene rings is 2. The zero-order valence-corrected chi connectivity index (χ0v) is 16.1.